The van der Waals surface area contributed by atoms with Crippen molar-refractivity contribution in [1.82, 2.24) is 10.2 Å². The molecule has 0 aromatic rings. The fourth-order valence-corrected chi connectivity index (χ4v) is 4.38. The first-order valence-electron chi connectivity index (χ1n) is 8.88. The van der Waals surface area contributed by atoms with Crippen LogP contribution in [0.2, 0.25) is 0 Å². The van der Waals surface area contributed by atoms with E-state index in [-0.39, 0.29) is 29.6 Å². The van der Waals surface area contributed by atoms with Gasteiger partial charge in [0.1, 0.15) is 0 Å². The van der Waals surface area contributed by atoms with Crippen LogP contribution < -0.4 is 5.32 Å². The summed E-state index contributed by atoms with van der Waals surface area (Å²) in [5, 5.41) is 4.16. The fraction of sp³-hybridized carbons (Fsp3) is 0.941. The van der Waals surface area contributed by atoms with Crippen LogP contribution >= 0.6 is 35.7 Å². The van der Waals surface area contributed by atoms with Crippen LogP contribution in [0.3, 0.4) is 0 Å². The molecule has 2 heterocycles. The third kappa shape index (κ3) is 6.21. The van der Waals surface area contributed by atoms with Crippen LogP contribution in [0.1, 0.15) is 33.6 Å². The Morgan fingerprint density at radius 3 is 2.71 bits per heavy atom. The predicted octanol–water partition coefficient (Wildman–Crippen LogP) is 2.84. The maximum Gasteiger partial charge on any atom is 0.194 e. The van der Waals surface area contributed by atoms with E-state index in [2.05, 4.69) is 42.7 Å². The van der Waals surface area contributed by atoms with Crippen LogP contribution in [-0.2, 0) is 9.47 Å². The Balaban J connectivity index is 0.00000288. The van der Waals surface area contributed by atoms with Crippen molar-refractivity contribution in [3.8, 4) is 0 Å². The number of guanidine groups is 1. The molecule has 0 spiro atoms. The molecule has 1 unspecified atom stereocenters. The van der Waals surface area contributed by atoms with Crippen molar-refractivity contribution in [2.45, 2.75) is 44.5 Å². The van der Waals surface area contributed by atoms with Gasteiger partial charge in [0.2, 0.25) is 0 Å². The molecule has 2 aliphatic rings. The second-order valence-electron chi connectivity index (χ2n) is 6.77. The molecule has 0 amide bonds. The van der Waals surface area contributed by atoms with Crippen LogP contribution in [-0.4, -0.2) is 74.0 Å². The average Bonchev–Trinajstić information content (AvgIpc) is 2.59. The van der Waals surface area contributed by atoms with E-state index < -0.39 is 0 Å². The van der Waals surface area contributed by atoms with Crippen LogP contribution in [0.4, 0.5) is 0 Å². The molecule has 1 atom stereocenters. The Bertz CT molecular complexity index is 390. The van der Waals surface area contributed by atoms with E-state index in [0.29, 0.717) is 17.7 Å². The monoisotopic (exact) mass is 471 g/mol. The highest BCUT2D eigenvalue weighted by molar-refractivity contribution is 14.0. The molecule has 0 radical (unpaired) electrons. The predicted molar refractivity (Wildman–Crippen MR) is 114 cm³/mol. The van der Waals surface area contributed by atoms with Gasteiger partial charge in [-0.25, -0.2) is 0 Å². The van der Waals surface area contributed by atoms with E-state index in [4.69, 9.17) is 14.5 Å². The lowest BCUT2D eigenvalue weighted by molar-refractivity contribution is -0.0829. The summed E-state index contributed by atoms with van der Waals surface area (Å²) in [6, 6.07) is 0. The van der Waals surface area contributed by atoms with Crippen LogP contribution in [0, 0.1) is 5.92 Å². The van der Waals surface area contributed by atoms with E-state index >= 15 is 0 Å². The third-order valence-corrected chi connectivity index (χ3v) is 6.37. The molecule has 2 fully saturated rings. The summed E-state index contributed by atoms with van der Waals surface area (Å²) in [5.41, 5.74) is -0.152. The number of halogens is 1. The largest absolute Gasteiger partial charge is 0.381 e. The van der Waals surface area contributed by atoms with Gasteiger partial charge in [-0.05, 0) is 12.8 Å². The van der Waals surface area contributed by atoms with Crippen molar-refractivity contribution < 1.29 is 9.47 Å². The molecule has 0 bridgehead atoms. The van der Waals surface area contributed by atoms with Crippen LogP contribution in [0.15, 0.2) is 4.99 Å². The topological polar surface area (TPSA) is 46.1 Å². The Labute approximate surface area is 168 Å². The maximum atomic E-state index is 5.82. The number of aliphatic imine (C=N–C) groups is 1. The second kappa shape index (κ2) is 11.1. The molecule has 0 aromatic carbocycles. The Morgan fingerprint density at radius 2 is 2.12 bits per heavy atom. The molecule has 0 aliphatic carbocycles. The summed E-state index contributed by atoms with van der Waals surface area (Å²) >= 11 is 2.09. The first-order chi connectivity index (χ1) is 11.1. The molecular weight excluding hydrogens is 437 g/mol. The van der Waals surface area contributed by atoms with E-state index in [1.807, 2.05) is 0 Å². The number of nitrogens with one attached hydrogen (secondary N) is 1. The molecule has 1 N–H and O–H groups in total. The minimum absolute atomic E-state index is 0. The smallest absolute Gasteiger partial charge is 0.194 e. The van der Waals surface area contributed by atoms with E-state index in [1.165, 1.54) is 5.75 Å². The quantitative estimate of drug-likeness (QED) is 0.380. The molecule has 0 saturated carbocycles. The van der Waals surface area contributed by atoms with Crippen LogP contribution in [0.25, 0.3) is 0 Å². The highest BCUT2D eigenvalue weighted by atomic mass is 127. The third-order valence-electron chi connectivity index (χ3n) is 4.83. The molecule has 7 heteroatoms. The molecule has 5 nitrogen and oxygen atoms in total. The van der Waals surface area contributed by atoms with Gasteiger partial charge < -0.3 is 19.7 Å². The Kier molecular flexibility index (Phi) is 10.3. The Hall–Kier alpha value is 0.270. The lowest BCUT2D eigenvalue weighted by Gasteiger charge is -2.38. The lowest BCUT2D eigenvalue weighted by atomic mass is 9.94. The maximum absolute atomic E-state index is 5.82. The number of ether oxygens (including phenoxy) is 2. The first-order valence-corrected chi connectivity index (χ1v) is 9.93. The van der Waals surface area contributed by atoms with E-state index in [1.54, 1.807) is 7.11 Å². The van der Waals surface area contributed by atoms with Gasteiger partial charge in [-0.1, -0.05) is 13.8 Å². The fourth-order valence-electron chi connectivity index (χ4n) is 3.09. The number of thioether (sulfide) groups is 1. The minimum atomic E-state index is -0.152. The normalized spacial score (nSPS) is 24.6. The number of nitrogens with zero attached hydrogens (tertiary/aromatic N) is 2. The summed E-state index contributed by atoms with van der Waals surface area (Å²) in [6.07, 6.45) is 1.85. The molecule has 142 valence electrons. The summed E-state index contributed by atoms with van der Waals surface area (Å²) in [6.45, 7) is 12.1. The number of methoxy groups -OCH3 is 1. The van der Waals surface area contributed by atoms with Gasteiger partial charge in [-0.2, -0.15) is 11.8 Å². The molecule has 2 aliphatic heterocycles. The van der Waals surface area contributed by atoms with Gasteiger partial charge in [0.15, 0.2) is 5.96 Å². The SMILES string of the molecule is CCNC(=NCC1(OC)CCOCC1)N1CCSC(C(C)C)C1.I. The van der Waals surface area contributed by atoms with Gasteiger partial charge in [0.25, 0.3) is 0 Å². The number of hydrogen-bond acceptors (Lipinski definition) is 4. The standard InChI is InChI=1S/C17H33N3O2S.HI/c1-5-18-16(20-8-11-23-15(12-20)14(2)3)19-13-17(21-4)6-9-22-10-7-17;/h14-15H,5-13H2,1-4H3,(H,18,19);1H. The summed E-state index contributed by atoms with van der Waals surface area (Å²) in [7, 11) is 1.81. The first kappa shape index (κ1) is 22.3. The average molecular weight is 471 g/mol. The zero-order chi connectivity index (χ0) is 16.7. The van der Waals surface area contributed by atoms with Crippen molar-refractivity contribution in [1.29, 1.82) is 0 Å². The Morgan fingerprint density at radius 1 is 1.42 bits per heavy atom. The molecule has 2 saturated heterocycles. The summed E-state index contributed by atoms with van der Waals surface area (Å²) < 4.78 is 11.3. The van der Waals surface area contributed by atoms with E-state index in [0.717, 1.165) is 51.6 Å². The molecule has 2 rings (SSSR count). The number of rotatable bonds is 5. The zero-order valence-corrected chi connectivity index (χ0v) is 18.7. The molecule has 0 aromatic heterocycles. The highest BCUT2D eigenvalue weighted by Crippen LogP contribution is 2.26. The minimum Gasteiger partial charge on any atom is -0.381 e. The van der Waals surface area contributed by atoms with Crippen LogP contribution in [0.5, 0.6) is 0 Å². The highest BCUT2D eigenvalue weighted by Gasteiger charge is 2.33. The van der Waals surface area contributed by atoms with Gasteiger partial charge in [0.05, 0.1) is 12.1 Å². The summed E-state index contributed by atoms with van der Waals surface area (Å²) in [4.78, 5) is 7.36. The zero-order valence-electron chi connectivity index (χ0n) is 15.5. The van der Waals surface area contributed by atoms with Crippen molar-refractivity contribution >= 4 is 41.7 Å². The lowest BCUT2D eigenvalue weighted by Crippen LogP contribution is -2.50. The van der Waals surface area contributed by atoms with Gasteiger partial charge in [-0.15, -0.1) is 24.0 Å². The van der Waals surface area contributed by atoms with Crippen molar-refractivity contribution in [2.75, 3.05) is 52.3 Å². The van der Waals surface area contributed by atoms with Gasteiger partial charge >= 0.3 is 0 Å². The van der Waals surface area contributed by atoms with Crippen molar-refractivity contribution in [3.05, 3.63) is 0 Å². The second-order valence-corrected chi connectivity index (χ2v) is 8.12. The molecule has 24 heavy (non-hydrogen) atoms. The van der Waals surface area contributed by atoms with Gasteiger partial charge in [0, 0.05) is 63.8 Å². The van der Waals surface area contributed by atoms with Gasteiger partial charge in [-0.3, -0.25) is 4.99 Å². The van der Waals surface area contributed by atoms with Crippen molar-refractivity contribution in [3.63, 3.8) is 0 Å². The number of hydrogen-bond donors (Lipinski definition) is 1. The van der Waals surface area contributed by atoms with E-state index in [9.17, 15) is 0 Å². The summed E-state index contributed by atoms with van der Waals surface area (Å²) in [5.74, 6) is 2.92. The van der Waals surface area contributed by atoms with Crippen molar-refractivity contribution in [2.24, 2.45) is 10.9 Å². The molecular formula is C17H34IN3O2S.